The number of fused-ring (bicyclic) bond motifs is 1. The van der Waals surface area contributed by atoms with Gasteiger partial charge in [-0.25, -0.2) is 4.98 Å². The van der Waals surface area contributed by atoms with Gasteiger partial charge in [-0.05, 0) is 24.6 Å². The maximum atomic E-state index is 4.21. The molecule has 23 heavy (non-hydrogen) atoms. The highest BCUT2D eigenvalue weighted by molar-refractivity contribution is 5.61. The van der Waals surface area contributed by atoms with Gasteiger partial charge < -0.3 is 14.4 Å². The van der Waals surface area contributed by atoms with Crippen molar-refractivity contribution < 1.29 is 0 Å². The van der Waals surface area contributed by atoms with Crippen molar-refractivity contribution in [1.29, 1.82) is 0 Å². The van der Waals surface area contributed by atoms with E-state index in [2.05, 4.69) is 81.2 Å². The van der Waals surface area contributed by atoms with Crippen LogP contribution >= 0.6 is 0 Å². The van der Waals surface area contributed by atoms with Gasteiger partial charge in [0.2, 0.25) is 0 Å². The summed E-state index contributed by atoms with van der Waals surface area (Å²) in [5.41, 5.74) is 4.90. The summed E-state index contributed by atoms with van der Waals surface area (Å²) in [6.07, 6.45) is 12.6. The zero-order valence-corrected chi connectivity index (χ0v) is 13.3. The van der Waals surface area contributed by atoms with Crippen molar-refractivity contribution in [1.82, 2.24) is 19.4 Å². The first-order chi connectivity index (χ1) is 11.3. The van der Waals surface area contributed by atoms with Crippen molar-refractivity contribution in [3.05, 3.63) is 84.4 Å². The second-order valence-electron chi connectivity index (χ2n) is 6.00. The number of hydrogen-bond donors (Lipinski definition) is 0. The highest BCUT2D eigenvalue weighted by atomic mass is 15.2. The molecule has 2 aliphatic rings. The number of hydrogen-bond acceptors (Lipinski definition) is 3. The average molecular weight is 304 g/mol. The van der Waals surface area contributed by atoms with Crippen LogP contribution in [0.4, 0.5) is 0 Å². The molecule has 4 rings (SSSR count). The number of nitrogens with zero attached hydrogens (tertiary/aromatic N) is 4. The monoisotopic (exact) mass is 304 g/mol. The molecule has 0 N–H and O–H groups in total. The largest absolute Gasteiger partial charge is 0.370 e. The predicted octanol–water partition coefficient (Wildman–Crippen LogP) is 3.22. The van der Waals surface area contributed by atoms with Gasteiger partial charge in [-0.2, -0.15) is 0 Å². The maximum Gasteiger partial charge on any atom is 0.0994 e. The SMILES string of the molecule is Cc1cncn1C1=CN2CCN(Cc3ccccc3)C=C2C=C1. The van der Waals surface area contributed by atoms with Gasteiger partial charge in [0.25, 0.3) is 0 Å². The Bertz CT molecular complexity index is 783. The summed E-state index contributed by atoms with van der Waals surface area (Å²) < 4.78 is 2.11. The van der Waals surface area contributed by atoms with Crippen LogP contribution in [0.25, 0.3) is 5.70 Å². The Morgan fingerprint density at radius 2 is 1.83 bits per heavy atom. The van der Waals surface area contributed by atoms with Crippen LogP contribution in [-0.2, 0) is 6.54 Å². The van der Waals surface area contributed by atoms with Crippen molar-refractivity contribution in [2.75, 3.05) is 13.1 Å². The summed E-state index contributed by atoms with van der Waals surface area (Å²) in [6, 6.07) is 10.6. The van der Waals surface area contributed by atoms with Crippen LogP contribution in [0.5, 0.6) is 0 Å². The Balaban J connectivity index is 1.52. The van der Waals surface area contributed by atoms with Crippen LogP contribution in [0.1, 0.15) is 11.3 Å². The van der Waals surface area contributed by atoms with Crippen LogP contribution in [0.3, 0.4) is 0 Å². The molecule has 3 heterocycles. The zero-order valence-electron chi connectivity index (χ0n) is 13.3. The summed E-state index contributed by atoms with van der Waals surface area (Å²) >= 11 is 0. The van der Waals surface area contributed by atoms with Gasteiger partial charge in [-0.15, -0.1) is 0 Å². The lowest BCUT2D eigenvalue weighted by Crippen LogP contribution is -2.35. The standard InChI is InChI=1S/C19H20N4/c1-16-11-20-15-23(16)19-8-7-18-13-21(9-10-22(18)14-19)12-17-5-3-2-4-6-17/h2-8,11,13-15H,9-10,12H2,1H3. The lowest BCUT2D eigenvalue weighted by atomic mass is 10.1. The second-order valence-corrected chi connectivity index (χ2v) is 6.00. The molecule has 0 amide bonds. The van der Waals surface area contributed by atoms with Crippen molar-refractivity contribution in [2.45, 2.75) is 13.5 Å². The molecule has 4 nitrogen and oxygen atoms in total. The first kappa shape index (κ1) is 13.9. The zero-order chi connectivity index (χ0) is 15.6. The minimum atomic E-state index is 0.962. The fourth-order valence-electron chi connectivity index (χ4n) is 3.06. The van der Waals surface area contributed by atoms with Crippen molar-refractivity contribution >= 4 is 5.70 Å². The molecular weight excluding hydrogens is 284 g/mol. The van der Waals surface area contributed by atoms with Gasteiger partial charge in [-0.1, -0.05) is 30.3 Å². The van der Waals surface area contributed by atoms with Crippen molar-refractivity contribution in [2.24, 2.45) is 0 Å². The average Bonchev–Trinajstić information content (AvgIpc) is 3.01. The van der Waals surface area contributed by atoms with E-state index in [9.17, 15) is 0 Å². The Morgan fingerprint density at radius 3 is 2.61 bits per heavy atom. The van der Waals surface area contributed by atoms with E-state index >= 15 is 0 Å². The molecule has 0 saturated heterocycles. The Kier molecular flexibility index (Phi) is 3.50. The fourth-order valence-corrected chi connectivity index (χ4v) is 3.06. The number of benzene rings is 1. The Labute approximate surface area is 136 Å². The molecular formula is C19H20N4. The molecule has 0 unspecified atom stereocenters. The fraction of sp³-hybridized carbons (Fsp3) is 0.211. The molecule has 0 bridgehead atoms. The molecule has 4 heteroatoms. The van der Waals surface area contributed by atoms with E-state index in [1.165, 1.54) is 11.3 Å². The van der Waals surface area contributed by atoms with Crippen molar-refractivity contribution in [3.8, 4) is 0 Å². The van der Waals surface area contributed by atoms with Gasteiger partial charge in [0, 0.05) is 43.9 Å². The predicted molar refractivity (Wildman–Crippen MR) is 92.0 cm³/mol. The summed E-state index contributed by atoms with van der Waals surface area (Å²) in [5, 5.41) is 0. The van der Waals surface area contributed by atoms with E-state index in [1.807, 2.05) is 12.5 Å². The summed E-state index contributed by atoms with van der Waals surface area (Å²) in [5.74, 6) is 0. The van der Waals surface area contributed by atoms with Crippen LogP contribution in [0.15, 0.2) is 73.1 Å². The number of allylic oxidation sites excluding steroid dienone is 3. The summed E-state index contributed by atoms with van der Waals surface area (Å²) in [7, 11) is 0. The molecule has 0 radical (unpaired) electrons. The van der Waals surface area contributed by atoms with Gasteiger partial charge in [0.05, 0.1) is 17.7 Å². The van der Waals surface area contributed by atoms with E-state index < -0.39 is 0 Å². The van der Waals surface area contributed by atoms with Crippen LogP contribution in [-0.4, -0.2) is 32.4 Å². The highest BCUT2D eigenvalue weighted by Crippen LogP contribution is 2.24. The van der Waals surface area contributed by atoms with E-state index in [1.54, 1.807) is 0 Å². The molecule has 1 aromatic heterocycles. The smallest absolute Gasteiger partial charge is 0.0994 e. The number of rotatable bonds is 3. The Hall–Kier alpha value is -2.75. The van der Waals surface area contributed by atoms with Crippen molar-refractivity contribution in [3.63, 3.8) is 0 Å². The topological polar surface area (TPSA) is 24.3 Å². The van der Waals surface area contributed by atoms with Gasteiger partial charge in [0.1, 0.15) is 0 Å². The highest BCUT2D eigenvalue weighted by Gasteiger charge is 2.18. The molecule has 116 valence electrons. The van der Waals surface area contributed by atoms with Crippen LogP contribution < -0.4 is 0 Å². The molecule has 0 atom stereocenters. The minimum absolute atomic E-state index is 0.962. The van der Waals surface area contributed by atoms with Gasteiger partial charge >= 0.3 is 0 Å². The molecule has 0 fully saturated rings. The summed E-state index contributed by atoms with van der Waals surface area (Å²) in [4.78, 5) is 8.90. The summed E-state index contributed by atoms with van der Waals surface area (Å²) in [6.45, 7) is 5.06. The molecule has 0 spiro atoms. The van der Waals surface area contributed by atoms with Crippen LogP contribution in [0, 0.1) is 6.92 Å². The van der Waals surface area contributed by atoms with E-state index in [4.69, 9.17) is 0 Å². The molecule has 2 aromatic rings. The van der Waals surface area contributed by atoms with Gasteiger partial charge in [0.15, 0.2) is 0 Å². The molecule has 1 aromatic carbocycles. The lowest BCUT2D eigenvalue weighted by Gasteiger charge is -2.35. The van der Waals surface area contributed by atoms with E-state index in [-0.39, 0.29) is 0 Å². The molecule has 0 saturated carbocycles. The third-order valence-electron chi connectivity index (χ3n) is 4.32. The van der Waals surface area contributed by atoms with E-state index in [0.717, 1.165) is 31.0 Å². The minimum Gasteiger partial charge on any atom is -0.370 e. The third-order valence-corrected chi connectivity index (χ3v) is 4.32. The third kappa shape index (κ3) is 2.80. The van der Waals surface area contributed by atoms with Crippen LogP contribution in [0.2, 0.25) is 0 Å². The number of imidazole rings is 1. The number of aromatic nitrogens is 2. The molecule has 0 aliphatic carbocycles. The normalized spacial score (nSPS) is 16.9. The maximum absolute atomic E-state index is 4.21. The first-order valence-corrected chi connectivity index (χ1v) is 7.95. The van der Waals surface area contributed by atoms with Gasteiger partial charge in [-0.3, -0.25) is 0 Å². The van der Waals surface area contributed by atoms with E-state index in [0.29, 0.717) is 0 Å². The quantitative estimate of drug-likeness (QED) is 0.870. The lowest BCUT2D eigenvalue weighted by molar-refractivity contribution is 0.284. The molecule has 2 aliphatic heterocycles. The number of aryl methyl sites for hydroxylation is 1. The first-order valence-electron chi connectivity index (χ1n) is 7.95. The second kappa shape index (κ2) is 5.80. The Morgan fingerprint density at radius 1 is 1.00 bits per heavy atom.